The van der Waals surface area contributed by atoms with Gasteiger partial charge in [-0.3, -0.25) is 9.59 Å². The number of nitrogens with one attached hydrogen (secondary N) is 1. The minimum atomic E-state index is -0.328. The van der Waals surface area contributed by atoms with E-state index in [9.17, 15) is 9.59 Å². The highest BCUT2D eigenvalue weighted by atomic mass is 16.5. The Morgan fingerprint density at radius 1 is 1.21 bits per heavy atom. The Kier molecular flexibility index (Phi) is 5.11. The second-order valence-corrected chi connectivity index (χ2v) is 8.22. The first kappa shape index (κ1) is 19.6. The number of carbonyl (C=O) groups is 2. The summed E-state index contributed by atoms with van der Waals surface area (Å²) >= 11 is 0. The van der Waals surface area contributed by atoms with Crippen LogP contribution in [0.5, 0.6) is 5.75 Å². The number of fused-ring (bicyclic) bond motifs is 1. The van der Waals surface area contributed by atoms with Crippen molar-refractivity contribution in [3.05, 3.63) is 53.0 Å². The van der Waals surface area contributed by atoms with E-state index in [1.807, 2.05) is 43.0 Å². The molecule has 2 amide bonds. The van der Waals surface area contributed by atoms with Gasteiger partial charge in [0.1, 0.15) is 22.9 Å². The summed E-state index contributed by atoms with van der Waals surface area (Å²) in [7, 11) is 1.67. The molecule has 6 heteroatoms. The highest BCUT2D eigenvalue weighted by Crippen LogP contribution is 2.46. The van der Waals surface area contributed by atoms with Crippen LogP contribution in [0.2, 0.25) is 0 Å². The summed E-state index contributed by atoms with van der Waals surface area (Å²) in [6.07, 6.45) is 2.76. The van der Waals surface area contributed by atoms with Gasteiger partial charge in [0.15, 0.2) is 0 Å². The van der Waals surface area contributed by atoms with E-state index in [1.165, 1.54) is 0 Å². The average Bonchev–Trinajstić information content (AvgIpc) is 3.06. The van der Waals surface area contributed by atoms with Crippen LogP contribution in [0.15, 0.2) is 34.7 Å². The Balaban J connectivity index is 1.51. The minimum Gasteiger partial charge on any atom is -0.487 e. The fourth-order valence-electron chi connectivity index (χ4n) is 4.69. The Bertz CT molecular complexity index is 925. The van der Waals surface area contributed by atoms with Gasteiger partial charge in [-0.15, -0.1) is 0 Å². The highest BCUT2D eigenvalue weighted by Gasteiger charge is 2.44. The largest absolute Gasteiger partial charge is 0.487 e. The quantitative estimate of drug-likeness (QED) is 0.861. The highest BCUT2D eigenvalue weighted by molar-refractivity contribution is 5.95. The Morgan fingerprint density at radius 2 is 1.93 bits per heavy atom. The Morgan fingerprint density at radius 3 is 2.59 bits per heavy atom. The second-order valence-electron chi connectivity index (χ2n) is 8.22. The summed E-state index contributed by atoms with van der Waals surface area (Å²) in [6, 6.07) is 9.82. The van der Waals surface area contributed by atoms with Crippen molar-refractivity contribution < 1.29 is 18.7 Å². The second kappa shape index (κ2) is 7.58. The SMILES string of the molecule is CNC(=O)C[C@@H]1CC2(CCN(C(=O)c3cc(C)oc3C)CC2)Oc2ccccc21. The Labute approximate surface area is 171 Å². The van der Waals surface area contributed by atoms with Crippen LogP contribution in [-0.2, 0) is 4.79 Å². The van der Waals surface area contributed by atoms with E-state index in [2.05, 4.69) is 11.4 Å². The van der Waals surface area contributed by atoms with Gasteiger partial charge in [-0.05, 0) is 38.0 Å². The van der Waals surface area contributed by atoms with Crippen molar-refractivity contribution in [2.45, 2.75) is 51.0 Å². The number of hydrogen-bond acceptors (Lipinski definition) is 4. The number of rotatable bonds is 3. The monoisotopic (exact) mass is 396 g/mol. The van der Waals surface area contributed by atoms with Crippen LogP contribution in [0.25, 0.3) is 0 Å². The summed E-state index contributed by atoms with van der Waals surface area (Å²) in [4.78, 5) is 26.9. The molecule has 2 aliphatic heterocycles. The molecule has 1 spiro atoms. The molecule has 1 N–H and O–H groups in total. The summed E-state index contributed by atoms with van der Waals surface area (Å²) in [5, 5.41) is 2.74. The standard InChI is InChI=1S/C23H28N2O4/c1-15-12-19(16(2)28-15)22(27)25-10-8-23(9-11-25)14-17(13-21(26)24-3)18-6-4-5-7-20(18)29-23/h4-7,12,17H,8-11,13-14H2,1-3H3,(H,24,26)/t17-/m1/s1. The summed E-state index contributed by atoms with van der Waals surface area (Å²) in [6.45, 7) is 4.96. The maximum absolute atomic E-state index is 12.9. The van der Waals surface area contributed by atoms with E-state index < -0.39 is 0 Å². The smallest absolute Gasteiger partial charge is 0.257 e. The fraction of sp³-hybridized carbons (Fsp3) is 0.478. The molecule has 1 aromatic carbocycles. The molecule has 29 heavy (non-hydrogen) atoms. The van der Waals surface area contributed by atoms with Gasteiger partial charge < -0.3 is 19.4 Å². The fourth-order valence-corrected chi connectivity index (χ4v) is 4.69. The van der Waals surface area contributed by atoms with E-state index in [4.69, 9.17) is 9.15 Å². The van der Waals surface area contributed by atoms with E-state index in [0.717, 1.165) is 36.3 Å². The Hall–Kier alpha value is -2.76. The zero-order chi connectivity index (χ0) is 20.6. The number of benzene rings is 1. The molecular formula is C23H28N2O4. The number of furan rings is 1. The van der Waals surface area contributed by atoms with Crippen LogP contribution in [0.1, 0.15) is 59.0 Å². The van der Waals surface area contributed by atoms with Gasteiger partial charge in [0.25, 0.3) is 5.91 Å². The maximum Gasteiger partial charge on any atom is 0.257 e. The number of amides is 2. The third kappa shape index (κ3) is 3.76. The van der Waals surface area contributed by atoms with Crippen molar-refractivity contribution in [3.8, 4) is 5.75 Å². The number of aryl methyl sites for hydroxylation is 2. The van der Waals surface area contributed by atoms with Crippen LogP contribution in [0, 0.1) is 13.8 Å². The first-order chi connectivity index (χ1) is 13.9. The lowest BCUT2D eigenvalue weighted by Crippen LogP contribution is -2.52. The molecular weight excluding hydrogens is 368 g/mol. The van der Waals surface area contributed by atoms with Crippen LogP contribution in [0.3, 0.4) is 0 Å². The lowest BCUT2D eigenvalue weighted by molar-refractivity contribution is -0.121. The van der Waals surface area contributed by atoms with Crippen LogP contribution in [-0.4, -0.2) is 42.5 Å². The van der Waals surface area contributed by atoms with Gasteiger partial charge in [-0.1, -0.05) is 18.2 Å². The molecule has 1 fully saturated rings. The normalized spacial score (nSPS) is 20.1. The van der Waals surface area contributed by atoms with Crippen molar-refractivity contribution in [1.82, 2.24) is 10.2 Å². The molecule has 0 saturated carbocycles. The summed E-state index contributed by atoms with van der Waals surface area (Å²) in [5.74, 6) is 2.48. The zero-order valence-electron chi connectivity index (χ0n) is 17.3. The lowest BCUT2D eigenvalue weighted by atomic mass is 9.76. The van der Waals surface area contributed by atoms with Crippen LogP contribution in [0.4, 0.5) is 0 Å². The molecule has 1 saturated heterocycles. The minimum absolute atomic E-state index is 0.0207. The van der Waals surface area contributed by atoms with Gasteiger partial charge in [-0.25, -0.2) is 0 Å². The first-order valence-corrected chi connectivity index (χ1v) is 10.3. The molecule has 2 aromatic rings. The van der Waals surface area contributed by atoms with Gasteiger partial charge in [0.2, 0.25) is 5.91 Å². The number of hydrogen-bond donors (Lipinski definition) is 1. The molecule has 3 heterocycles. The number of piperidine rings is 1. The van der Waals surface area contributed by atoms with Crippen LogP contribution >= 0.6 is 0 Å². The number of likely N-dealkylation sites (tertiary alicyclic amines) is 1. The number of para-hydroxylation sites is 1. The van der Waals surface area contributed by atoms with E-state index in [1.54, 1.807) is 7.05 Å². The molecule has 0 aliphatic carbocycles. The van der Waals surface area contributed by atoms with Gasteiger partial charge in [0.05, 0.1) is 5.56 Å². The predicted octanol–water partition coefficient (Wildman–Crippen LogP) is 3.57. The molecule has 0 unspecified atom stereocenters. The van der Waals surface area contributed by atoms with Crippen molar-refractivity contribution in [1.29, 1.82) is 0 Å². The van der Waals surface area contributed by atoms with E-state index >= 15 is 0 Å². The lowest BCUT2D eigenvalue weighted by Gasteiger charge is -2.46. The summed E-state index contributed by atoms with van der Waals surface area (Å²) in [5.41, 5.74) is 1.42. The molecule has 1 atom stereocenters. The van der Waals surface area contributed by atoms with Gasteiger partial charge in [0, 0.05) is 45.3 Å². The third-order valence-electron chi connectivity index (χ3n) is 6.25. The third-order valence-corrected chi connectivity index (χ3v) is 6.25. The van der Waals surface area contributed by atoms with Crippen molar-refractivity contribution in [2.75, 3.05) is 20.1 Å². The van der Waals surface area contributed by atoms with Crippen molar-refractivity contribution >= 4 is 11.8 Å². The molecule has 0 radical (unpaired) electrons. The zero-order valence-corrected chi connectivity index (χ0v) is 17.3. The van der Waals surface area contributed by atoms with E-state index in [-0.39, 0.29) is 23.3 Å². The summed E-state index contributed by atoms with van der Waals surface area (Å²) < 4.78 is 12.0. The molecule has 6 nitrogen and oxygen atoms in total. The van der Waals surface area contributed by atoms with Crippen molar-refractivity contribution in [2.24, 2.45) is 0 Å². The number of nitrogens with zero attached hydrogens (tertiary/aromatic N) is 1. The van der Waals surface area contributed by atoms with Crippen LogP contribution < -0.4 is 10.1 Å². The van der Waals surface area contributed by atoms with Crippen molar-refractivity contribution in [3.63, 3.8) is 0 Å². The topological polar surface area (TPSA) is 71.8 Å². The maximum atomic E-state index is 12.9. The number of carbonyl (C=O) groups excluding carboxylic acids is 2. The molecule has 154 valence electrons. The van der Waals surface area contributed by atoms with Gasteiger partial charge in [-0.2, -0.15) is 0 Å². The molecule has 4 rings (SSSR count). The molecule has 1 aromatic heterocycles. The van der Waals surface area contributed by atoms with Gasteiger partial charge >= 0.3 is 0 Å². The number of ether oxygens (including phenoxy) is 1. The first-order valence-electron chi connectivity index (χ1n) is 10.3. The predicted molar refractivity (Wildman–Crippen MR) is 109 cm³/mol. The molecule has 0 bridgehead atoms. The van der Waals surface area contributed by atoms with E-state index in [0.29, 0.717) is 30.8 Å². The molecule has 2 aliphatic rings. The average molecular weight is 396 g/mol.